The molecule has 2 amide bonds. The van der Waals surface area contributed by atoms with Crippen LogP contribution in [0.4, 0.5) is 0 Å². The molecule has 3 atom stereocenters. The normalized spacial score (nSPS) is 21.0. The molecule has 0 radical (unpaired) electrons. The minimum Gasteiger partial charge on any atom is -0.480 e. The van der Waals surface area contributed by atoms with Crippen molar-refractivity contribution in [1.82, 2.24) is 10.2 Å². The van der Waals surface area contributed by atoms with E-state index in [1.54, 1.807) is 18.2 Å². The molecule has 2 rings (SSSR count). The fraction of sp³-hybridized carbons (Fsp3) is 0.438. The Morgan fingerprint density at radius 1 is 1.44 bits per heavy atom. The van der Waals surface area contributed by atoms with Crippen LogP contribution >= 0.6 is 27.5 Å². The number of halogens is 2. The third-order valence-electron chi connectivity index (χ3n) is 4.03. The van der Waals surface area contributed by atoms with E-state index in [-0.39, 0.29) is 25.3 Å². The Labute approximate surface area is 158 Å². The van der Waals surface area contributed by atoms with Crippen molar-refractivity contribution < 1.29 is 24.6 Å². The summed E-state index contributed by atoms with van der Waals surface area (Å²) in [5, 5.41) is 22.0. The van der Waals surface area contributed by atoms with Gasteiger partial charge >= 0.3 is 5.97 Å². The Balaban J connectivity index is 2.13. The Bertz CT molecular complexity index is 699. The number of β-amino-alcohol motifs (C(OH)–C–C–N with tert-alkyl or cyclic N) is 1. The van der Waals surface area contributed by atoms with Crippen LogP contribution in [-0.4, -0.2) is 57.6 Å². The zero-order chi connectivity index (χ0) is 18.7. The summed E-state index contributed by atoms with van der Waals surface area (Å²) in [6, 6.07) is 2.91. The highest BCUT2D eigenvalue weighted by Crippen LogP contribution is 2.23. The molecule has 0 saturated carbocycles. The quantitative estimate of drug-likeness (QED) is 0.647. The van der Waals surface area contributed by atoms with E-state index in [2.05, 4.69) is 21.2 Å². The SMILES string of the molecule is CC(=O)N1C[C@H](O)C[C@H]1C(=O)N[C@H](Cc1cc(Cl)ccc1Br)C(=O)O. The summed E-state index contributed by atoms with van der Waals surface area (Å²) in [6.45, 7) is 1.36. The lowest BCUT2D eigenvalue weighted by molar-refractivity contribution is -0.143. The molecule has 1 heterocycles. The van der Waals surface area contributed by atoms with Gasteiger partial charge in [0.1, 0.15) is 12.1 Å². The zero-order valence-electron chi connectivity index (χ0n) is 13.4. The standard InChI is InChI=1S/C16H18BrClN2O5/c1-8(21)20-7-11(22)6-14(20)15(23)19-13(16(24)25)5-9-4-10(18)2-3-12(9)17/h2-4,11,13-14,22H,5-7H2,1H3,(H,19,23)(H,24,25)/t11-,13-,14+/m1/s1. The van der Waals surface area contributed by atoms with Gasteiger partial charge in [0.15, 0.2) is 0 Å². The summed E-state index contributed by atoms with van der Waals surface area (Å²) >= 11 is 9.26. The lowest BCUT2D eigenvalue weighted by Gasteiger charge is -2.24. The number of nitrogens with one attached hydrogen (secondary N) is 1. The van der Waals surface area contributed by atoms with Gasteiger partial charge in [-0.1, -0.05) is 27.5 Å². The Kier molecular flexibility index (Phi) is 6.42. The summed E-state index contributed by atoms with van der Waals surface area (Å²) in [7, 11) is 0. The van der Waals surface area contributed by atoms with Gasteiger partial charge in [0.05, 0.1) is 6.10 Å². The molecule has 1 aliphatic heterocycles. The average molecular weight is 434 g/mol. The van der Waals surface area contributed by atoms with Gasteiger partial charge < -0.3 is 20.4 Å². The molecule has 0 spiro atoms. The topological polar surface area (TPSA) is 107 Å². The highest BCUT2D eigenvalue weighted by Gasteiger charge is 2.38. The molecule has 1 aromatic carbocycles. The fourth-order valence-electron chi connectivity index (χ4n) is 2.80. The maximum atomic E-state index is 12.4. The molecule has 1 fully saturated rings. The van der Waals surface area contributed by atoms with E-state index in [1.807, 2.05) is 0 Å². The second-order valence-electron chi connectivity index (χ2n) is 5.92. The van der Waals surface area contributed by atoms with Crippen molar-refractivity contribution in [2.24, 2.45) is 0 Å². The van der Waals surface area contributed by atoms with Gasteiger partial charge in [-0.2, -0.15) is 0 Å². The first-order valence-electron chi connectivity index (χ1n) is 7.61. The maximum absolute atomic E-state index is 12.4. The molecule has 0 unspecified atom stereocenters. The predicted octanol–water partition coefficient (Wildman–Crippen LogP) is 1.20. The van der Waals surface area contributed by atoms with Gasteiger partial charge in [-0.05, 0) is 23.8 Å². The van der Waals surface area contributed by atoms with Gasteiger partial charge in [-0.25, -0.2) is 4.79 Å². The fourth-order valence-corrected chi connectivity index (χ4v) is 3.40. The van der Waals surface area contributed by atoms with E-state index in [9.17, 15) is 24.6 Å². The smallest absolute Gasteiger partial charge is 0.326 e. The number of carbonyl (C=O) groups excluding carboxylic acids is 2. The van der Waals surface area contributed by atoms with E-state index in [0.29, 0.717) is 15.1 Å². The number of nitrogens with zero attached hydrogens (tertiary/aromatic N) is 1. The maximum Gasteiger partial charge on any atom is 0.326 e. The second kappa shape index (κ2) is 8.16. The molecule has 136 valence electrons. The molecule has 0 aromatic heterocycles. The monoisotopic (exact) mass is 432 g/mol. The van der Waals surface area contributed by atoms with E-state index < -0.39 is 30.1 Å². The van der Waals surface area contributed by atoms with Crippen LogP contribution in [0.2, 0.25) is 5.02 Å². The van der Waals surface area contributed by atoms with Crippen LogP contribution in [0.5, 0.6) is 0 Å². The van der Waals surface area contributed by atoms with Crippen molar-refractivity contribution in [2.75, 3.05) is 6.54 Å². The van der Waals surface area contributed by atoms with Gasteiger partial charge in [0.2, 0.25) is 11.8 Å². The molecule has 9 heteroatoms. The number of carboxylic acid groups (broad SMARTS) is 1. The van der Waals surface area contributed by atoms with Crippen molar-refractivity contribution in [1.29, 1.82) is 0 Å². The van der Waals surface area contributed by atoms with Crippen LogP contribution < -0.4 is 5.32 Å². The van der Waals surface area contributed by atoms with E-state index in [0.717, 1.165) is 0 Å². The summed E-state index contributed by atoms with van der Waals surface area (Å²) in [6.07, 6.45) is -0.694. The predicted molar refractivity (Wildman–Crippen MR) is 94.2 cm³/mol. The number of aliphatic hydroxyl groups is 1. The second-order valence-corrected chi connectivity index (χ2v) is 7.21. The minimum absolute atomic E-state index is 0.0254. The van der Waals surface area contributed by atoms with Crippen molar-refractivity contribution in [2.45, 2.75) is 38.0 Å². The molecule has 0 aliphatic carbocycles. The Morgan fingerprint density at radius 2 is 2.12 bits per heavy atom. The molecule has 1 aliphatic rings. The minimum atomic E-state index is -1.20. The number of carboxylic acids is 1. The van der Waals surface area contributed by atoms with E-state index >= 15 is 0 Å². The highest BCUT2D eigenvalue weighted by atomic mass is 79.9. The van der Waals surface area contributed by atoms with E-state index in [4.69, 9.17) is 11.6 Å². The number of amides is 2. The van der Waals surface area contributed by atoms with E-state index in [1.165, 1.54) is 11.8 Å². The highest BCUT2D eigenvalue weighted by molar-refractivity contribution is 9.10. The van der Waals surface area contributed by atoms with Crippen molar-refractivity contribution in [3.63, 3.8) is 0 Å². The summed E-state index contributed by atoms with van der Waals surface area (Å²) in [5.74, 6) is -2.15. The number of benzene rings is 1. The van der Waals surface area contributed by atoms with Crippen LogP contribution in [0, 0.1) is 0 Å². The van der Waals surface area contributed by atoms with Gasteiger partial charge in [0.25, 0.3) is 0 Å². The van der Waals surface area contributed by atoms with Gasteiger partial charge in [0, 0.05) is 35.8 Å². The molecule has 7 nitrogen and oxygen atoms in total. The largest absolute Gasteiger partial charge is 0.480 e. The average Bonchev–Trinajstić information content (AvgIpc) is 2.92. The summed E-state index contributed by atoms with van der Waals surface area (Å²) in [4.78, 5) is 36.8. The number of aliphatic hydroxyl groups excluding tert-OH is 1. The number of likely N-dealkylation sites (tertiary alicyclic amines) is 1. The number of aliphatic carboxylic acids is 1. The van der Waals surface area contributed by atoms with Crippen LogP contribution in [-0.2, 0) is 20.8 Å². The Morgan fingerprint density at radius 3 is 2.72 bits per heavy atom. The number of hydrogen-bond donors (Lipinski definition) is 3. The first-order valence-corrected chi connectivity index (χ1v) is 8.78. The lowest BCUT2D eigenvalue weighted by atomic mass is 10.0. The molecular formula is C16H18BrClN2O5. The van der Waals surface area contributed by atoms with Crippen LogP contribution in [0.25, 0.3) is 0 Å². The number of hydrogen-bond acceptors (Lipinski definition) is 4. The van der Waals surface area contributed by atoms with Crippen LogP contribution in [0.3, 0.4) is 0 Å². The third kappa shape index (κ3) is 4.93. The molecule has 1 aromatic rings. The molecule has 3 N–H and O–H groups in total. The van der Waals surface area contributed by atoms with Gasteiger partial charge in [-0.3, -0.25) is 9.59 Å². The number of carbonyl (C=O) groups is 3. The molecule has 25 heavy (non-hydrogen) atoms. The lowest BCUT2D eigenvalue weighted by Crippen LogP contribution is -2.51. The number of rotatable bonds is 5. The molecule has 1 saturated heterocycles. The van der Waals surface area contributed by atoms with Crippen LogP contribution in [0.1, 0.15) is 18.9 Å². The Hall–Kier alpha value is -1.64. The van der Waals surface area contributed by atoms with Crippen molar-refractivity contribution >= 4 is 45.3 Å². The molecular weight excluding hydrogens is 416 g/mol. The summed E-state index contributed by atoms with van der Waals surface area (Å²) in [5.41, 5.74) is 0.634. The van der Waals surface area contributed by atoms with Crippen LogP contribution in [0.15, 0.2) is 22.7 Å². The third-order valence-corrected chi connectivity index (χ3v) is 5.04. The first-order chi connectivity index (χ1) is 11.7. The summed E-state index contributed by atoms with van der Waals surface area (Å²) < 4.78 is 0.680. The van der Waals surface area contributed by atoms with Gasteiger partial charge in [-0.15, -0.1) is 0 Å². The first kappa shape index (κ1) is 19.7. The van der Waals surface area contributed by atoms with Crippen molar-refractivity contribution in [3.05, 3.63) is 33.3 Å². The van der Waals surface area contributed by atoms with Crippen molar-refractivity contribution in [3.8, 4) is 0 Å². The zero-order valence-corrected chi connectivity index (χ0v) is 15.7. The molecule has 0 bridgehead atoms.